The Bertz CT molecular complexity index is 725. The van der Waals surface area contributed by atoms with Crippen LogP contribution in [-0.2, 0) is 0 Å². The fourth-order valence-electron chi connectivity index (χ4n) is 1.56. The van der Waals surface area contributed by atoms with Gasteiger partial charge in [-0.15, -0.1) is 0 Å². The Labute approximate surface area is 121 Å². The van der Waals surface area contributed by atoms with Crippen molar-refractivity contribution in [3.8, 4) is 23.6 Å². The third kappa shape index (κ3) is 3.79. The van der Waals surface area contributed by atoms with Crippen LogP contribution in [0.5, 0.6) is 11.5 Å². The van der Waals surface area contributed by atoms with E-state index in [-0.39, 0.29) is 5.71 Å². The lowest BCUT2D eigenvalue weighted by atomic mass is 10.2. The van der Waals surface area contributed by atoms with E-state index >= 15 is 0 Å². The summed E-state index contributed by atoms with van der Waals surface area (Å²) in [6.45, 7) is 1.89. The van der Waals surface area contributed by atoms with Gasteiger partial charge in [0.15, 0.2) is 0 Å². The molecule has 0 aliphatic heterocycles. The molecule has 0 radical (unpaired) electrons. The van der Waals surface area contributed by atoms with Crippen molar-refractivity contribution in [3.63, 3.8) is 0 Å². The Hall–Kier alpha value is -3.38. The van der Waals surface area contributed by atoms with E-state index in [1.807, 2.05) is 13.0 Å². The fraction of sp³-hybridized carbons (Fsp3) is 0.0667. The normalized spacial score (nSPS) is 9.10. The summed E-state index contributed by atoms with van der Waals surface area (Å²) in [6.07, 6.45) is 3.31. The second-order valence-corrected chi connectivity index (χ2v) is 4.06. The molecule has 6 heteroatoms. The minimum atomic E-state index is -0.232. The molecule has 1 aromatic carbocycles. The second kappa shape index (κ2) is 6.69. The third-order valence-corrected chi connectivity index (χ3v) is 2.56. The first-order valence-electron chi connectivity index (χ1n) is 6.05. The molecule has 0 saturated carbocycles. The molecular formula is C15H11N5O. The van der Waals surface area contributed by atoms with Crippen LogP contribution in [0.15, 0.2) is 47.8 Å². The molecule has 2 rings (SSSR count). The molecule has 1 heterocycles. The van der Waals surface area contributed by atoms with Crippen LogP contribution in [0, 0.1) is 29.6 Å². The fourth-order valence-corrected chi connectivity index (χ4v) is 1.56. The van der Waals surface area contributed by atoms with Gasteiger partial charge in [0.2, 0.25) is 5.71 Å². The van der Waals surface area contributed by atoms with Crippen molar-refractivity contribution in [2.45, 2.75) is 6.92 Å². The van der Waals surface area contributed by atoms with Gasteiger partial charge < -0.3 is 4.74 Å². The molecule has 1 aromatic heterocycles. The smallest absolute Gasteiger partial charge is 0.237 e. The first kappa shape index (κ1) is 14.0. The van der Waals surface area contributed by atoms with Gasteiger partial charge in [-0.05, 0) is 42.8 Å². The summed E-state index contributed by atoms with van der Waals surface area (Å²) in [4.78, 5) is 3.92. The maximum absolute atomic E-state index is 8.60. The van der Waals surface area contributed by atoms with Crippen LogP contribution >= 0.6 is 0 Å². The molecule has 0 unspecified atom stereocenters. The van der Waals surface area contributed by atoms with Gasteiger partial charge in [-0.2, -0.15) is 15.6 Å². The molecule has 0 amide bonds. The minimum Gasteiger partial charge on any atom is -0.457 e. The summed E-state index contributed by atoms with van der Waals surface area (Å²) in [5.41, 5.74) is 3.98. The summed E-state index contributed by atoms with van der Waals surface area (Å²) in [5.74, 6) is 1.40. The maximum atomic E-state index is 8.60. The van der Waals surface area contributed by atoms with E-state index in [0.717, 1.165) is 5.56 Å². The minimum absolute atomic E-state index is 0.232. The quantitative estimate of drug-likeness (QED) is 0.684. The SMILES string of the molecule is Cc1cc(NN=C(C#N)C#N)ccc1Oc1ccncc1. The number of anilines is 1. The van der Waals surface area contributed by atoms with Gasteiger partial charge in [0.1, 0.15) is 23.6 Å². The summed E-state index contributed by atoms with van der Waals surface area (Å²) < 4.78 is 5.72. The number of aromatic nitrogens is 1. The van der Waals surface area contributed by atoms with Crippen molar-refractivity contribution in [2.75, 3.05) is 5.43 Å². The van der Waals surface area contributed by atoms with Crippen molar-refractivity contribution in [3.05, 3.63) is 48.3 Å². The van der Waals surface area contributed by atoms with Crippen LogP contribution in [0.25, 0.3) is 0 Å². The third-order valence-electron chi connectivity index (χ3n) is 2.56. The summed E-state index contributed by atoms with van der Waals surface area (Å²) >= 11 is 0. The van der Waals surface area contributed by atoms with Gasteiger partial charge in [0, 0.05) is 12.4 Å². The molecule has 102 valence electrons. The lowest BCUT2D eigenvalue weighted by Gasteiger charge is -2.09. The first-order chi connectivity index (χ1) is 10.2. The Kier molecular flexibility index (Phi) is 4.47. The highest BCUT2D eigenvalue weighted by Gasteiger charge is 2.03. The van der Waals surface area contributed by atoms with E-state index in [2.05, 4.69) is 15.5 Å². The van der Waals surface area contributed by atoms with Crippen molar-refractivity contribution >= 4 is 11.4 Å². The number of pyridine rings is 1. The molecular weight excluding hydrogens is 266 g/mol. The number of ether oxygens (including phenoxy) is 1. The van der Waals surface area contributed by atoms with Gasteiger partial charge in [0.05, 0.1) is 5.69 Å². The number of benzene rings is 1. The largest absolute Gasteiger partial charge is 0.457 e. The zero-order valence-electron chi connectivity index (χ0n) is 11.2. The Morgan fingerprint density at radius 2 is 1.90 bits per heavy atom. The number of aryl methyl sites for hydroxylation is 1. The van der Waals surface area contributed by atoms with E-state index in [0.29, 0.717) is 17.2 Å². The van der Waals surface area contributed by atoms with Crippen molar-refractivity contribution < 1.29 is 4.74 Å². The van der Waals surface area contributed by atoms with Crippen LogP contribution in [-0.4, -0.2) is 10.7 Å². The Morgan fingerprint density at radius 1 is 1.19 bits per heavy atom. The van der Waals surface area contributed by atoms with E-state index in [9.17, 15) is 0 Å². The van der Waals surface area contributed by atoms with Gasteiger partial charge in [-0.3, -0.25) is 10.4 Å². The molecule has 0 spiro atoms. The average Bonchev–Trinajstić information content (AvgIpc) is 2.52. The molecule has 0 aliphatic rings. The molecule has 0 saturated heterocycles. The number of nitrogens with one attached hydrogen (secondary N) is 1. The zero-order valence-corrected chi connectivity index (χ0v) is 11.2. The maximum Gasteiger partial charge on any atom is 0.237 e. The van der Waals surface area contributed by atoms with Gasteiger partial charge in [-0.25, -0.2) is 0 Å². The van der Waals surface area contributed by atoms with E-state index < -0.39 is 0 Å². The van der Waals surface area contributed by atoms with Crippen LogP contribution in [0.3, 0.4) is 0 Å². The molecule has 6 nitrogen and oxygen atoms in total. The zero-order chi connectivity index (χ0) is 15.1. The standard InChI is InChI=1S/C15H11N5O/c1-11-8-12(19-20-13(9-16)10-17)2-3-15(11)21-14-4-6-18-7-5-14/h2-8,19H,1H3. The summed E-state index contributed by atoms with van der Waals surface area (Å²) in [6, 6.07) is 12.2. The topological polar surface area (TPSA) is 94.1 Å². The van der Waals surface area contributed by atoms with E-state index in [4.69, 9.17) is 15.3 Å². The highest BCUT2D eigenvalue weighted by atomic mass is 16.5. The predicted octanol–water partition coefficient (Wildman–Crippen LogP) is 3.00. The Balaban J connectivity index is 2.13. The number of nitrogens with zero attached hydrogens (tertiary/aromatic N) is 4. The van der Waals surface area contributed by atoms with Crippen LogP contribution < -0.4 is 10.2 Å². The van der Waals surface area contributed by atoms with Crippen LogP contribution in [0.2, 0.25) is 0 Å². The van der Waals surface area contributed by atoms with Crippen molar-refractivity contribution in [2.24, 2.45) is 5.10 Å². The van der Waals surface area contributed by atoms with Crippen LogP contribution in [0.1, 0.15) is 5.56 Å². The van der Waals surface area contributed by atoms with E-state index in [1.165, 1.54) is 0 Å². The van der Waals surface area contributed by atoms with Gasteiger partial charge >= 0.3 is 0 Å². The van der Waals surface area contributed by atoms with Crippen molar-refractivity contribution in [1.82, 2.24) is 4.98 Å². The van der Waals surface area contributed by atoms with Gasteiger partial charge in [0.25, 0.3) is 0 Å². The highest BCUT2D eigenvalue weighted by molar-refractivity contribution is 6.10. The number of hydrogen-bond acceptors (Lipinski definition) is 6. The number of hydrazone groups is 1. The average molecular weight is 277 g/mol. The lowest BCUT2D eigenvalue weighted by Crippen LogP contribution is -1.97. The summed E-state index contributed by atoms with van der Waals surface area (Å²) in [5, 5.41) is 20.9. The molecule has 21 heavy (non-hydrogen) atoms. The van der Waals surface area contributed by atoms with Crippen molar-refractivity contribution in [1.29, 1.82) is 10.5 Å². The number of rotatable bonds is 4. The second-order valence-electron chi connectivity index (χ2n) is 4.06. The molecule has 0 bridgehead atoms. The number of nitriles is 2. The summed E-state index contributed by atoms with van der Waals surface area (Å²) in [7, 11) is 0. The first-order valence-corrected chi connectivity index (χ1v) is 6.05. The van der Waals surface area contributed by atoms with E-state index in [1.54, 1.807) is 48.8 Å². The lowest BCUT2D eigenvalue weighted by molar-refractivity contribution is 0.478. The molecule has 0 fully saturated rings. The molecule has 0 atom stereocenters. The van der Waals surface area contributed by atoms with Crippen LogP contribution in [0.4, 0.5) is 5.69 Å². The molecule has 2 aromatic rings. The highest BCUT2D eigenvalue weighted by Crippen LogP contribution is 2.26. The van der Waals surface area contributed by atoms with Gasteiger partial charge in [-0.1, -0.05) is 0 Å². The Morgan fingerprint density at radius 3 is 2.52 bits per heavy atom. The predicted molar refractivity (Wildman–Crippen MR) is 77.8 cm³/mol. The monoisotopic (exact) mass is 277 g/mol. The molecule has 1 N–H and O–H groups in total. The molecule has 0 aliphatic carbocycles. The number of hydrogen-bond donors (Lipinski definition) is 1.